The van der Waals surface area contributed by atoms with Crippen LogP contribution in [0.2, 0.25) is 5.02 Å². The molecule has 1 heterocycles. The van der Waals surface area contributed by atoms with E-state index < -0.39 is 36.9 Å². The summed E-state index contributed by atoms with van der Waals surface area (Å²) in [6.45, 7) is -1.01. The Balaban J connectivity index is 1.30. The zero-order valence-electron chi connectivity index (χ0n) is 17.5. The van der Waals surface area contributed by atoms with E-state index in [1.807, 2.05) is 36.4 Å². The maximum absolute atomic E-state index is 12.4. The number of rotatable bonds is 7. The number of nitrogens with zero attached hydrogens (tertiary/aromatic N) is 1. The van der Waals surface area contributed by atoms with Crippen LogP contribution in [0.3, 0.4) is 0 Å². The lowest BCUT2D eigenvalue weighted by Crippen LogP contribution is -2.37. The van der Waals surface area contributed by atoms with Crippen molar-refractivity contribution in [2.24, 2.45) is 11.8 Å². The summed E-state index contributed by atoms with van der Waals surface area (Å²) in [5.41, 5.74) is 0.569. The molecule has 1 fully saturated rings. The largest absolute Gasteiger partial charge is 0.454 e. The smallest absolute Gasteiger partial charge is 0.326 e. The van der Waals surface area contributed by atoms with Crippen LogP contribution in [0.1, 0.15) is 12.8 Å². The first kappa shape index (κ1) is 23.1. The van der Waals surface area contributed by atoms with Crippen molar-refractivity contribution in [1.29, 1.82) is 0 Å². The van der Waals surface area contributed by atoms with Gasteiger partial charge < -0.3 is 10.1 Å². The number of carbonyl (C=O) groups is 4. The topological polar surface area (TPSA) is 92.8 Å². The zero-order valence-corrected chi connectivity index (χ0v) is 19.1. The molecule has 0 radical (unpaired) electrons. The van der Waals surface area contributed by atoms with Crippen molar-refractivity contribution < 1.29 is 23.9 Å². The average Bonchev–Trinajstić information content (AvgIpc) is 3.05. The van der Waals surface area contributed by atoms with Gasteiger partial charge in [-0.05, 0) is 49.2 Å². The Bertz CT molecular complexity index is 1090. The fourth-order valence-corrected chi connectivity index (χ4v) is 4.85. The number of carbonyl (C=O) groups excluding carboxylic acids is 4. The minimum absolute atomic E-state index is 0.357. The van der Waals surface area contributed by atoms with Crippen LogP contribution in [0.4, 0.5) is 5.69 Å². The Morgan fingerprint density at radius 1 is 1.00 bits per heavy atom. The van der Waals surface area contributed by atoms with Crippen molar-refractivity contribution in [3.8, 4) is 0 Å². The van der Waals surface area contributed by atoms with Gasteiger partial charge in [-0.2, -0.15) is 0 Å². The molecule has 9 heteroatoms. The number of likely N-dealkylation sites (tertiary alicyclic amines) is 1. The number of nitrogens with one attached hydrogen (secondary N) is 1. The van der Waals surface area contributed by atoms with Crippen LogP contribution in [-0.2, 0) is 23.9 Å². The van der Waals surface area contributed by atoms with Crippen LogP contribution in [0.15, 0.2) is 70.5 Å². The van der Waals surface area contributed by atoms with Crippen LogP contribution < -0.4 is 5.32 Å². The van der Waals surface area contributed by atoms with Gasteiger partial charge in [0.15, 0.2) is 6.61 Å². The van der Waals surface area contributed by atoms with Gasteiger partial charge in [0.25, 0.3) is 5.91 Å². The average molecular weight is 485 g/mol. The van der Waals surface area contributed by atoms with Crippen molar-refractivity contribution in [2.45, 2.75) is 22.6 Å². The van der Waals surface area contributed by atoms with Crippen molar-refractivity contribution in [2.75, 3.05) is 18.5 Å². The van der Waals surface area contributed by atoms with E-state index in [-0.39, 0.29) is 11.8 Å². The molecular formula is C24H21ClN2O5S. The Labute approximate surface area is 200 Å². The number of para-hydroxylation sites is 1. The second-order valence-corrected chi connectivity index (χ2v) is 9.23. The van der Waals surface area contributed by atoms with Gasteiger partial charge in [-0.15, -0.1) is 0 Å². The number of amides is 3. The van der Waals surface area contributed by atoms with E-state index >= 15 is 0 Å². The minimum Gasteiger partial charge on any atom is -0.454 e. The molecule has 4 rings (SSSR count). The van der Waals surface area contributed by atoms with Crippen LogP contribution in [-0.4, -0.2) is 41.7 Å². The molecule has 1 aliphatic heterocycles. The summed E-state index contributed by atoms with van der Waals surface area (Å²) in [4.78, 5) is 52.2. The molecular weight excluding hydrogens is 464 g/mol. The van der Waals surface area contributed by atoms with Gasteiger partial charge in [-0.25, -0.2) is 0 Å². The number of fused-ring (bicyclic) bond motifs is 1. The third-order valence-corrected chi connectivity index (χ3v) is 6.79. The predicted octanol–water partition coefficient (Wildman–Crippen LogP) is 3.92. The van der Waals surface area contributed by atoms with Gasteiger partial charge in [-0.1, -0.05) is 47.6 Å². The number of hydrogen-bond donors (Lipinski definition) is 1. The fraction of sp³-hybridized carbons (Fsp3) is 0.250. The predicted molar refractivity (Wildman–Crippen MR) is 124 cm³/mol. The first-order chi connectivity index (χ1) is 15.9. The molecule has 2 aromatic rings. The van der Waals surface area contributed by atoms with E-state index in [1.54, 1.807) is 24.3 Å². The van der Waals surface area contributed by atoms with Crippen molar-refractivity contribution in [1.82, 2.24) is 4.90 Å². The van der Waals surface area contributed by atoms with Gasteiger partial charge >= 0.3 is 5.97 Å². The summed E-state index contributed by atoms with van der Waals surface area (Å²) in [5, 5.41) is 3.37. The lowest BCUT2D eigenvalue weighted by molar-refractivity contribution is -0.154. The summed E-state index contributed by atoms with van der Waals surface area (Å²) < 4.78 is 5.03. The molecule has 1 N–H and O–H groups in total. The number of allylic oxidation sites excluding steroid dienone is 2. The second kappa shape index (κ2) is 10.2. The molecule has 0 spiro atoms. The number of esters is 1. The molecule has 33 heavy (non-hydrogen) atoms. The first-order valence-corrected chi connectivity index (χ1v) is 11.6. The normalized spacial score (nSPS) is 19.4. The van der Waals surface area contributed by atoms with Gasteiger partial charge in [0, 0.05) is 14.8 Å². The number of anilines is 1. The lowest BCUT2D eigenvalue weighted by atomic mass is 9.85. The minimum atomic E-state index is -0.803. The van der Waals surface area contributed by atoms with Crippen molar-refractivity contribution in [3.63, 3.8) is 0 Å². The van der Waals surface area contributed by atoms with E-state index in [1.165, 1.54) is 11.8 Å². The zero-order chi connectivity index (χ0) is 23.4. The molecule has 0 aromatic heterocycles. The highest BCUT2D eigenvalue weighted by atomic mass is 35.5. The van der Waals surface area contributed by atoms with Gasteiger partial charge in [0.2, 0.25) is 11.8 Å². The molecule has 170 valence electrons. The molecule has 3 amide bonds. The highest BCUT2D eigenvalue weighted by Gasteiger charge is 2.47. The van der Waals surface area contributed by atoms with Crippen LogP contribution >= 0.6 is 23.4 Å². The molecule has 2 aliphatic rings. The van der Waals surface area contributed by atoms with Crippen LogP contribution in [0, 0.1) is 11.8 Å². The first-order valence-electron chi connectivity index (χ1n) is 10.4. The van der Waals surface area contributed by atoms with E-state index in [0.29, 0.717) is 23.6 Å². The van der Waals surface area contributed by atoms with E-state index in [9.17, 15) is 19.2 Å². The highest BCUT2D eigenvalue weighted by Crippen LogP contribution is 2.35. The standard InChI is InChI=1S/C24H21ClN2O5S/c25-15-9-11-16(12-10-15)33-20-8-4-3-7-19(20)26-21(28)14-32-22(29)13-27-23(30)17-5-1-2-6-18(17)24(27)31/h1-4,7-12,17-18H,5-6,13-14H2,(H,26,28)/t17-,18+. The molecule has 1 saturated heterocycles. The number of benzene rings is 2. The molecule has 0 bridgehead atoms. The molecule has 1 aliphatic carbocycles. The van der Waals surface area contributed by atoms with E-state index in [0.717, 1.165) is 14.7 Å². The number of ether oxygens (including phenoxy) is 1. The molecule has 2 aromatic carbocycles. The second-order valence-electron chi connectivity index (χ2n) is 7.68. The third-order valence-electron chi connectivity index (χ3n) is 5.45. The van der Waals surface area contributed by atoms with Crippen LogP contribution in [0.25, 0.3) is 0 Å². The maximum Gasteiger partial charge on any atom is 0.326 e. The Morgan fingerprint density at radius 3 is 2.30 bits per heavy atom. The van der Waals surface area contributed by atoms with Gasteiger partial charge in [0.05, 0.1) is 17.5 Å². The van der Waals surface area contributed by atoms with Crippen molar-refractivity contribution >= 4 is 52.7 Å². The molecule has 0 unspecified atom stereocenters. The van der Waals surface area contributed by atoms with Crippen molar-refractivity contribution in [3.05, 3.63) is 65.7 Å². The number of hydrogen-bond acceptors (Lipinski definition) is 6. The lowest BCUT2D eigenvalue weighted by Gasteiger charge is -2.14. The summed E-state index contributed by atoms with van der Waals surface area (Å²) in [5.74, 6) is -2.86. The van der Waals surface area contributed by atoms with E-state index in [4.69, 9.17) is 16.3 Å². The highest BCUT2D eigenvalue weighted by molar-refractivity contribution is 7.99. The quantitative estimate of drug-likeness (QED) is 0.364. The Kier molecular flexibility index (Phi) is 7.15. The number of imide groups is 1. The van der Waals surface area contributed by atoms with Crippen LogP contribution in [0.5, 0.6) is 0 Å². The Hall–Kier alpha value is -3.10. The Morgan fingerprint density at radius 2 is 1.64 bits per heavy atom. The summed E-state index contributed by atoms with van der Waals surface area (Å²) >= 11 is 7.38. The summed E-state index contributed by atoms with van der Waals surface area (Å²) in [6.07, 6.45) is 4.75. The molecule has 7 nitrogen and oxygen atoms in total. The third kappa shape index (κ3) is 5.46. The monoisotopic (exact) mass is 484 g/mol. The van der Waals surface area contributed by atoms with Gasteiger partial charge in [-0.3, -0.25) is 24.1 Å². The molecule has 0 saturated carbocycles. The summed E-state index contributed by atoms with van der Waals surface area (Å²) in [7, 11) is 0. The number of halogens is 1. The fourth-order valence-electron chi connectivity index (χ4n) is 3.82. The SMILES string of the molecule is O=C(COC(=O)CN1C(=O)[C@H]2CC=CC[C@H]2C1=O)Nc1ccccc1Sc1ccc(Cl)cc1. The maximum atomic E-state index is 12.4. The summed E-state index contributed by atoms with van der Waals surface area (Å²) in [6, 6.07) is 14.6. The molecule has 2 atom stereocenters. The van der Waals surface area contributed by atoms with E-state index in [2.05, 4.69) is 5.32 Å². The van der Waals surface area contributed by atoms with Gasteiger partial charge in [0.1, 0.15) is 6.54 Å².